The van der Waals surface area contributed by atoms with Crippen molar-refractivity contribution >= 4 is 39.5 Å². The van der Waals surface area contributed by atoms with Gasteiger partial charge in [0, 0.05) is 34.5 Å². The van der Waals surface area contributed by atoms with Crippen LogP contribution in [0.15, 0.2) is 36.4 Å². The summed E-state index contributed by atoms with van der Waals surface area (Å²) in [6.07, 6.45) is 8.33. The summed E-state index contributed by atoms with van der Waals surface area (Å²) in [6.45, 7) is 7.64. The smallest absolute Gasteiger partial charge is 0.264 e. The van der Waals surface area contributed by atoms with Crippen LogP contribution in [0.3, 0.4) is 0 Å². The number of aliphatic hydroxyl groups excluding tert-OH is 2. The summed E-state index contributed by atoms with van der Waals surface area (Å²) < 4.78 is 35.4. The van der Waals surface area contributed by atoms with Gasteiger partial charge in [0.15, 0.2) is 0 Å². The minimum atomic E-state index is -3.90. The van der Waals surface area contributed by atoms with Crippen LogP contribution in [-0.4, -0.2) is 94.0 Å². The molecule has 4 aliphatic rings. The third-order valence-corrected chi connectivity index (χ3v) is 14.5. The minimum absolute atomic E-state index is 0.0174. The Kier molecular flexibility index (Phi) is 12.5. The molecule has 2 aromatic rings. The SMILES string of the molecule is CN(C)C(CO)CO.C[C@@H]1[C@@H](C)CCC[C@](C)(C=O)[C@@H]2CC[C@H]2CN2C[C@@]3(CCCc4cc(Cl)ccc43)COc3ccc(cc32)C(=O)NS1(=O)=O. The molecule has 2 aromatic carbocycles. The Bertz CT molecular complexity index is 1670. The van der Waals surface area contributed by atoms with Crippen LogP contribution in [0.1, 0.15) is 87.2 Å². The van der Waals surface area contributed by atoms with Gasteiger partial charge in [0.2, 0.25) is 10.0 Å². The zero-order chi connectivity index (χ0) is 37.1. The Morgan fingerprint density at radius 1 is 1.08 bits per heavy atom. The summed E-state index contributed by atoms with van der Waals surface area (Å²) in [6, 6.07) is 11.3. The maximum Gasteiger partial charge on any atom is 0.264 e. The molecule has 2 heterocycles. The van der Waals surface area contributed by atoms with Gasteiger partial charge in [0.25, 0.3) is 5.91 Å². The fourth-order valence-electron chi connectivity index (χ4n) is 8.54. The maximum atomic E-state index is 13.4. The van der Waals surface area contributed by atoms with Crippen molar-refractivity contribution in [2.45, 2.75) is 88.8 Å². The summed E-state index contributed by atoms with van der Waals surface area (Å²) >= 11 is 6.40. The number of ether oxygens (including phenoxy) is 1. The van der Waals surface area contributed by atoms with E-state index in [0.717, 1.165) is 68.5 Å². The number of aryl methyl sites for hydroxylation is 1. The first-order valence-corrected chi connectivity index (χ1v) is 20.3. The van der Waals surface area contributed by atoms with Crippen molar-refractivity contribution < 1.29 is 33.0 Å². The van der Waals surface area contributed by atoms with Gasteiger partial charge >= 0.3 is 0 Å². The lowest BCUT2D eigenvalue weighted by Gasteiger charge is -2.49. The van der Waals surface area contributed by atoms with Gasteiger partial charge in [-0.25, -0.2) is 13.1 Å². The van der Waals surface area contributed by atoms with Crippen molar-refractivity contribution in [2.24, 2.45) is 23.2 Å². The first-order chi connectivity index (χ1) is 24.2. The highest BCUT2D eigenvalue weighted by atomic mass is 35.5. The largest absolute Gasteiger partial charge is 0.490 e. The zero-order valence-corrected chi connectivity index (χ0v) is 32.3. The molecule has 10 nitrogen and oxygen atoms in total. The van der Waals surface area contributed by atoms with Crippen molar-refractivity contribution in [3.05, 3.63) is 58.1 Å². The second kappa shape index (κ2) is 16.1. The van der Waals surface area contributed by atoms with Gasteiger partial charge in [-0.1, -0.05) is 37.9 Å². The van der Waals surface area contributed by atoms with Gasteiger partial charge in [-0.2, -0.15) is 0 Å². The van der Waals surface area contributed by atoms with Crippen molar-refractivity contribution in [3.63, 3.8) is 0 Å². The average molecular weight is 746 g/mol. The number of sulfonamides is 1. The predicted molar refractivity (Wildman–Crippen MR) is 201 cm³/mol. The highest BCUT2D eigenvalue weighted by Crippen LogP contribution is 2.51. The van der Waals surface area contributed by atoms with E-state index in [-0.39, 0.29) is 42.1 Å². The average Bonchev–Trinajstić information content (AvgIpc) is 3.23. The summed E-state index contributed by atoms with van der Waals surface area (Å²) in [5.41, 5.74) is 2.88. The van der Waals surface area contributed by atoms with E-state index in [2.05, 4.69) is 28.7 Å². The van der Waals surface area contributed by atoms with Gasteiger partial charge in [-0.3, -0.25) is 4.79 Å². The number of halogens is 1. The van der Waals surface area contributed by atoms with Gasteiger partial charge in [0.1, 0.15) is 12.0 Å². The lowest BCUT2D eigenvalue weighted by atomic mass is 9.58. The Morgan fingerprint density at radius 2 is 1.82 bits per heavy atom. The number of likely N-dealkylation sites (N-methyl/N-ethyl adjacent to an activating group) is 1. The number of rotatable bonds is 4. The van der Waals surface area contributed by atoms with Crippen LogP contribution in [0, 0.1) is 23.2 Å². The quantitative estimate of drug-likeness (QED) is 0.361. The molecular weight excluding hydrogens is 690 g/mol. The van der Waals surface area contributed by atoms with Crippen molar-refractivity contribution in [2.75, 3.05) is 51.9 Å². The molecule has 0 saturated heterocycles. The van der Waals surface area contributed by atoms with Gasteiger partial charge < -0.3 is 29.5 Å². The summed E-state index contributed by atoms with van der Waals surface area (Å²) in [5.74, 6) is 0.484. The molecule has 3 N–H and O–H groups in total. The second-order valence-electron chi connectivity index (χ2n) is 15.9. The standard InChI is InChI=1S/C34H43ClN2O5S.C5H13NO2/c1-22-6-4-14-33(3,20-38)28-11-8-26(28)18-37-19-34(15-5-7-24-16-27(35)10-12-29(24)34)21-42-31-13-9-25(17-30(31)37)32(39)36-43(40,41)23(22)2;1-6(2)5(3-7)4-8/h9-10,12-13,16-17,20,22-23,26,28H,4-8,11,14-15,18-19,21H2,1-3H3,(H,36,39);5,7-8H,3-4H2,1-2H3/t22-,23+,26-,28+,33+,34-;/m0./s1. The lowest BCUT2D eigenvalue weighted by Crippen LogP contribution is -2.50. The Hall–Kier alpha value is -2.70. The van der Waals surface area contributed by atoms with Crippen LogP contribution in [-0.2, 0) is 26.7 Å². The minimum Gasteiger partial charge on any atom is -0.490 e. The molecule has 0 aromatic heterocycles. The van der Waals surface area contributed by atoms with Crippen molar-refractivity contribution in [3.8, 4) is 5.75 Å². The molecule has 1 amide bonds. The maximum absolute atomic E-state index is 13.4. The first kappa shape index (κ1) is 39.5. The van der Waals surface area contributed by atoms with Crippen LogP contribution in [0.2, 0.25) is 5.02 Å². The number of nitrogens with one attached hydrogen (secondary N) is 1. The van der Waals surface area contributed by atoms with Gasteiger partial charge in [0.05, 0.1) is 36.8 Å². The number of benzene rings is 2. The number of aldehydes is 1. The summed E-state index contributed by atoms with van der Waals surface area (Å²) in [4.78, 5) is 30.2. The zero-order valence-electron chi connectivity index (χ0n) is 30.7. The van der Waals surface area contributed by atoms with E-state index in [1.54, 1.807) is 30.0 Å². The molecular formula is C39H56ClN3O7S. The highest BCUT2D eigenvalue weighted by Gasteiger charge is 2.47. The molecule has 6 rings (SSSR count). The topological polar surface area (TPSA) is 136 Å². The van der Waals surface area contributed by atoms with E-state index in [1.165, 1.54) is 11.1 Å². The predicted octanol–water partition coefficient (Wildman–Crippen LogP) is 5.21. The van der Waals surface area contributed by atoms with Crippen LogP contribution in [0.25, 0.3) is 0 Å². The van der Waals surface area contributed by atoms with E-state index in [9.17, 15) is 18.0 Å². The van der Waals surface area contributed by atoms with Crippen LogP contribution in [0.5, 0.6) is 5.75 Å². The van der Waals surface area contributed by atoms with Crippen LogP contribution < -0.4 is 14.4 Å². The number of anilines is 1. The Morgan fingerprint density at radius 3 is 2.45 bits per heavy atom. The number of fused-ring (bicyclic) bond motifs is 4. The molecule has 0 radical (unpaired) electrons. The highest BCUT2D eigenvalue weighted by molar-refractivity contribution is 7.90. The number of aliphatic hydroxyl groups is 2. The number of carbonyl (C=O) groups is 2. The van der Waals surface area contributed by atoms with E-state index in [0.29, 0.717) is 31.2 Å². The molecule has 1 saturated carbocycles. The molecule has 2 aliphatic carbocycles. The Balaban J connectivity index is 0.000000565. The fourth-order valence-corrected chi connectivity index (χ4v) is 10.0. The third kappa shape index (κ3) is 8.43. The monoisotopic (exact) mass is 745 g/mol. The molecule has 282 valence electrons. The normalized spacial score (nSPS) is 30.5. The van der Waals surface area contributed by atoms with E-state index in [4.69, 9.17) is 26.6 Å². The molecule has 1 spiro atoms. The van der Waals surface area contributed by atoms with Crippen LogP contribution >= 0.6 is 11.6 Å². The molecule has 1 fully saturated rings. The molecule has 12 heteroatoms. The number of hydrogen-bond donors (Lipinski definition) is 3. The van der Waals surface area contributed by atoms with E-state index in [1.807, 2.05) is 27.1 Å². The van der Waals surface area contributed by atoms with Gasteiger partial charge in [-0.05, 0) is 125 Å². The first-order valence-electron chi connectivity index (χ1n) is 18.4. The molecule has 51 heavy (non-hydrogen) atoms. The fraction of sp³-hybridized carbons (Fsp3) is 0.641. The molecule has 2 bridgehead atoms. The number of carbonyl (C=O) groups excluding carboxylic acids is 2. The van der Waals surface area contributed by atoms with Crippen molar-refractivity contribution in [1.82, 2.24) is 9.62 Å². The van der Waals surface area contributed by atoms with Gasteiger partial charge in [-0.15, -0.1) is 0 Å². The summed E-state index contributed by atoms with van der Waals surface area (Å²) in [7, 11) is -0.271. The molecule has 2 aliphatic heterocycles. The second-order valence-corrected chi connectivity index (χ2v) is 18.4. The summed E-state index contributed by atoms with van der Waals surface area (Å²) in [5, 5.41) is 17.0. The van der Waals surface area contributed by atoms with E-state index < -0.39 is 26.6 Å². The van der Waals surface area contributed by atoms with Crippen LogP contribution in [0.4, 0.5) is 5.69 Å². The number of hydrogen-bond acceptors (Lipinski definition) is 9. The molecule has 0 unspecified atom stereocenters. The lowest BCUT2D eigenvalue weighted by molar-refractivity contribution is -0.123. The van der Waals surface area contributed by atoms with Crippen molar-refractivity contribution in [1.29, 1.82) is 0 Å². The number of nitrogens with zero attached hydrogens (tertiary/aromatic N) is 2. The van der Waals surface area contributed by atoms with E-state index >= 15 is 0 Å². The Labute approximate surface area is 308 Å². The number of amides is 1. The molecule has 6 atom stereocenters. The third-order valence-electron chi connectivity index (χ3n) is 12.3.